The molecular weight excluding hydrogens is 126 g/mol. The van der Waals surface area contributed by atoms with Gasteiger partial charge in [0.25, 0.3) is 0 Å². The fraction of sp³-hybridized carbons (Fsp3) is 0.750. The molecule has 0 aromatic heterocycles. The summed E-state index contributed by atoms with van der Waals surface area (Å²) in [7, 11) is 1.16. The van der Waals surface area contributed by atoms with Crippen LogP contribution in [0.25, 0.3) is 0 Å². The third kappa shape index (κ3) is 2.41. The van der Waals surface area contributed by atoms with E-state index in [1.807, 2.05) is 0 Å². The standard InChI is InChI=1S/C4H9NO4/c1-5(9)3(2-6)4(7)8/h3,6,9H,2H2,1H3,(H,7,8). The van der Waals surface area contributed by atoms with Gasteiger partial charge in [-0.3, -0.25) is 4.79 Å². The zero-order chi connectivity index (χ0) is 7.44. The van der Waals surface area contributed by atoms with Crippen molar-refractivity contribution in [2.24, 2.45) is 0 Å². The van der Waals surface area contributed by atoms with E-state index >= 15 is 0 Å². The Morgan fingerprint density at radius 3 is 2.22 bits per heavy atom. The lowest BCUT2D eigenvalue weighted by Crippen LogP contribution is -2.38. The number of aliphatic carboxylic acids is 1. The zero-order valence-electron chi connectivity index (χ0n) is 4.98. The van der Waals surface area contributed by atoms with Crippen molar-refractivity contribution >= 4 is 5.97 Å². The normalized spacial score (nSPS) is 13.8. The van der Waals surface area contributed by atoms with Gasteiger partial charge in [-0.2, -0.15) is 5.06 Å². The Kier molecular flexibility index (Phi) is 3.15. The number of nitrogens with zero attached hydrogens (tertiary/aromatic N) is 1. The van der Waals surface area contributed by atoms with Gasteiger partial charge in [-0.05, 0) is 0 Å². The number of hydrogen-bond acceptors (Lipinski definition) is 4. The van der Waals surface area contributed by atoms with Crippen LogP contribution in [0.5, 0.6) is 0 Å². The van der Waals surface area contributed by atoms with Crippen LogP contribution in [0.15, 0.2) is 0 Å². The molecule has 1 unspecified atom stereocenters. The van der Waals surface area contributed by atoms with Crippen molar-refractivity contribution in [1.82, 2.24) is 5.06 Å². The molecule has 0 saturated heterocycles. The summed E-state index contributed by atoms with van der Waals surface area (Å²) in [5.41, 5.74) is 0. The van der Waals surface area contributed by atoms with Crippen molar-refractivity contribution < 1.29 is 20.2 Å². The summed E-state index contributed by atoms with van der Waals surface area (Å²) < 4.78 is 0. The molecule has 0 heterocycles. The van der Waals surface area contributed by atoms with Crippen molar-refractivity contribution in [2.45, 2.75) is 6.04 Å². The summed E-state index contributed by atoms with van der Waals surface area (Å²) in [6.45, 7) is -0.595. The highest BCUT2D eigenvalue weighted by Gasteiger charge is 2.19. The fourth-order valence-electron chi connectivity index (χ4n) is 0.356. The molecular formula is C4H9NO4. The van der Waals surface area contributed by atoms with Crippen LogP contribution in [0.2, 0.25) is 0 Å². The molecule has 0 aliphatic heterocycles. The molecule has 0 amide bonds. The molecule has 0 fully saturated rings. The molecule has 5 heteroatoms. The molecule has 54 valence electrons. The fourth-order valence-corrected chi connectivity index (χ4v) is 0.356. The zero-order valence-corrected chi connectivity index (χ0v) is 4.98. The van der Waals surface area contributed by atoms with E-state index in [1.165, 1.54) is 0 Å². The highest BCUT2D eigenvalue weighted by molar-refractivity contribution is 5.73. The van der Waals surface area contributed by atoms with E-state index < -0.39 is 18.6 Å². The van der Waals surface area contributed by atoms with Gasteiger partial charge in [-0.25, -0.2) is 0 Å². The van der Waals surface area contributed by atoms with Gasteiger partial charge in [0, 0.05) is 7.05 Å². The summed E-state index contributed by atoms with van der Waals surface area (Å²) >= 11 is 0. The van der Waals surface area contributed by atoms with E-state index in [2.05, 4.69) is 0 Å². The minimum absolute atomic E-state index is 0.447. The van der Waals surface area contributed by atoms with E-state index in [4.69, 9.17) is 15.4 Å². The monoisotopic (exact) mass is 135 g/mol. The number of aliphatic hydroxyl groups is 1. The molecule has 0 saturated carbocycles. The Morgan fingerprint density at radius 2 is 2.22 bits per heavy atom. The third-order valence-corrected chi connectivity index (χ3v) is 0.909. The van der Waals surface area contributed by atoms with E-state index in [0.717, 1.165) is 7.05 Å². The first kappa shape index (κ1) is 8.35. The van der Waals surface area contributed by atoms with Crippen LogP contribution in [-0.4, -0.2) is 46.1 Å². The second-order valence-corrected chi connectivity index (χ2v) is 1.61. The maximum atomic E-state index is 10.0. The van der Waals surface area contributed by atoms with Crippen LogP contribution in [0.4, 0.5) is 0 Å². The number of likely N-dealkylation sites (N-methyl/N-ethyl adjacent to an activating group) is 1. The molecule has 0 aromatic rings. The molecule has 0 aliphatic rings. The van der Waals surface area contributed by atoms with E-state index in [0.29, 0.717) is 5.06 Å². The molecule has 0 spiro atoms. The Morgan fingerprint density at radius 1 is 1.78 bits per heavy atom. The largest absolute Gasteiger partial charge is 0.480 e. The molecule has 1 atom stereocenters. The van der Waals surface area contributed by atoms with Gasteiger partial charge in [0.05, 0.1) is 6.61 Å². The molecule has 0 radical (unpaired) electrons. The topological polar surface area (TPSA) is 81.0 Å². The number of carboxylic acid groups (broad SMARTS) is 1. The van der Waals surface area contributed by atoms with Crippen LogP contribution in [0, 0.1) is 0 Å². The average molecular weight is 135 g/mol. The minimum atomic E-state index is -1.25. The summed E-state index contributed by atoms with van der Waals surface area (Å²) in [5, 5.41) is 25.4. The van der Waals surface area contributed by atoms with Crippen LogP contribution in [-0.2, 0) is 4.79 Å². The quantitative estimate of drug-likeness (QED) is 0.421. The number of rotatable bonds is 3. The van der Waals surface area contributed by atoms with Gasteiger partial charge >= 0.3 is 5.97 Å². The minimum Gasteiger partial charge on any atom is -0.480 e. The number of hydroxylamine groups is 2. The van der Waals surface area contributed by atoms with Crippen molar-refractivity contribution in [1.29, 1.82) is 0 Å². The lowest BCUT2D eigenvalue weighted by molar-refractivity contribution is -0.166. The molecule has 0 bridgehead atoms. The van der Waals surface area contributed by atoms with Crippen LogP contribution in [0.1, 0.15) is 0 Å². The molecule has 0 aliphatic carbocycles. The van der Waals surface area contributed by atoms with Crippen molar-refractivity contribution in [3.8, 4) is 0 Å². The van der Waals surface area contributed by atoms with Crippen LogP contribution >= 0.6 is 0 Å². The maximum absolute atomic E-state index is 10.0. The van der Waals surface area contributed by atoms with Crippen molar-refractivity contribution in [2.75, 3.05) is 13.7 Å². The molecule has 9 heavy (non-hydrogen) atoms. The summed E-state index contributed by atoms with van der Waals surface area (Å²) in [4.78, 5) is 10.0. The predicted octanol–water partition coefficient (Wildman–Crippen LogP) is -1.25. The highest BCUT2D eigenvalue weighted by atomic mass is 16.5. The van der Waals surface area contributed by atoms with Gasteiger partial charge in [-0.15, -0.1) is 0 Å². The van der Waals surface area contributed by atoms with Crippen molar-refractivity contribution in [3.63, 3.8) is 0 Å². The first-order valence-corrected chi connectivity index (χ1v) is 2.35. The molecule has 5 nitrogen and oxygen atoms in total. The Labute approximate surface area is 52.1 Å². The number of carbonyl (C=O) groups is 1. The Bertz CT molecular complexity index is 103. The SMILES string of the molecule is CN(O)C(CO)C(=O)O. The van der Waals surface area contributed by atoms with Gasteiger partial charge in [0.15, 0.2) is 6.04 Å². The first-order valence-electron chi connectivity index (χ1n) is 2.35. The third-order valence-electron chi connectivity index (χ3n) is 0.909. The van der Waals surface area contributed by atoms with Gasteiger partial charge in [-0.1, -0.05) is 0 Å². The second-order valence-electron chi connectivity index (χ2n) is 1.61. The molecule has 0 aromatic carbocycles. The second kappa shape index (κ2) is 3.39. The van der Waals surface area contributed by atoms with Crippen LogP contribution in [0.3, 0.4) is 0 Å². The van der Waals surface area contributed by atoms with E-state index in [1.54, 1.807) is 0 Å². The number of hydrogen-bond donors (Lipinski definition) is 3. The smallest absolute Gasteiger partial charge is 0.325 e. The Hall–Kier alpha value is -0.650. The van der Waals surface area contributed by atoms with Crippen molar-refractivity contribution in [3.05, 3.63) is 0 Å². The average Bonchev–Trinajstić information content (AvgIpc) is 1.64. The van der Waals surface area contributed by atoms with E-state index in [9.17, 15) is 4.79 Å². The van der Waals surface area contributed by atoms with Crippen LogP contribution < -0.4 is 0 Å². The van der Waals surface area contributed by atoms with E-state index in [-0.39, 0.29) is 0 Å². The summed E-state index contributed by atoms with van der Waals surface area (Å²) in [6.07, 6.45) is 0. The number of carboxylic acids is 1. The molecule has 0 rings (SSSR count). The van der Waals surface area contributed by atoms with Gasteiger partial charge in [0.1, 0.15) is 0 Å². The predicted molar refractivity (Wildman–Crippen MR) is 28.1 cm³/mol. The number of aliphatic hydroxyl groups excluding tert-OH is 1. The highest BCUT2D eigenvalue weighted by Crippen LogP contribution is 1.89. The summed E-state index contributed by atoms with van der Waals surface area (Å²) in [5.74, 6) is -1.25. The van der Waals surface area contributed by atoms with Gasteiger partial charge in [0.2, 0.25) is 0 Å². The lowest BCUT2D eigenvalue weighted by Gasteiger charge is -2.14. The lowest BCUT2D eigenvalue weighted by atomic mass is 10.3. The summed E-state index contributed by atoms with van der Waals surface area (Å²) in [6, 6.07) is -1.22. The first-order chi connectivity index (χ1) is 4.09. The molecule has 3 N–H and O–H groups in total. The Balaban J connectivity index is 3.83. The maximum Gasteiger partial charge on any atom is 0.325 e. The van der Waals surface area contributed by atoms with Gasteiger partial charge < -0.3 is 15.4 Å².